The third kappa shape index (κ3) is 3.41. The molecular formula is C11H5Cl2FN4O3. The van der Waals surface area contributed by atoms with Gasteiger partial charge in [0.1, 0.15) is 0 Å². The Morgan fingerprint density at radius 1 is 1.29 bits per heavy atom. The van der Waals surface area contributed by atoms with E-state index in [1.807, 2.05) is 0 Å². The second-order valence-electron chi connectivity index (χ2n) is 3.75. The van der Waals surface area contributed by atoms with Crippen LogP contribution in [0.5, 0.6) is 0 Å². The van der Waals surface area contributed by atoms with Crippen molar-refractivity contribution in [2.24, 2.45) is 0 Å². The molecule has 2 rings (SSSR count). The summed E-state index contributed by atoms with van der Waals surface area (Å²) < 4.78 is 13.4. The van der Waals surface area contributed by atoms with Crippen LogP contribution in [-0.2, 0) is 0 Å². The van der Waals surface area contributed by atoms with Gasteiger partial charge in [-0.05, 0) is 12.1 Å². The highest BCUT2D eigenvalue weighted by molar-refractivity contribution is 6.34. The predicted octanol–water partition coefficient (Wildman–Crippen LogP) is 3.08. The van der Waals surface area contributed by atoms with Crippen molar-refractivity contribution in [2.75, 3.05) is 5.32 Å². The zero-order valence-electron chi connectivity index (χ0n) is 10.0. The Kier molecular flexibility index (Phi) is 4.29. The molecule has 1 aromatic carbocycles. The van der Waals surface area contributed by atoms with Gasteiger partial charge in [0.05, 0.1) is 10.5 Å². The van der Waals surface area contributed by atoms with E-state index in [1.165, 1.54) is 12.1 Å². The average molecular weight is 331 g/mol. The Morgan fingerprint density at radius 3 is 2.62 bits per heavy atom. The standard InChI is InChI=1S/C11H5Cl2FN4O3/c12-9-4-6(10(13)17-16-9)11(19)15-5-1-2-8(18(20)21)7(14)3-5/h1-4H,(H,15,19). The number of rotatable bonds is 3. The first-order chi connectivity index (χ1) is 9.88. The maximum Gasteiger partial charge on any atom is 0.304 e. The largest absolute Gasteiger partial charge is 0.322 e. The van der Waals surface area contributed by atoms with Crippen LogP contribution < -0.4 is 5.32 Å². The number of benzene rings is 1. The number of nitro groups is 1. The van der Waals surface area contributed by atoms with Crippen molar-refractivity contribution in [2.45, 2.75) is 0 Å². The molecule has 1 heterocycles. The molecule has 0 aliphatic rings. The molecule has 0 saturated carbocycles. The van der Waals surface area contributed by atoms with Crippen LogP contribution in [0, 0.1) is 15.9 Å². The second-order valence-corrected chi connectivity index (χ2v) is 4.49. The highest BCUT2D eigenvalue weighted by atomic mass is 35.5. The summed E-state index contributed by atoms with van der Waals surface area (Å²) in [6.07, 6.45) is 0. The zero-order valence-corrected chi connectivity index (χ0v) is 11.5. The number of carbonyl (C=O) groups excluding carboxylic acids is 1. The minimum atomic E-state index is -1.07. The molecule has 1 aromatic heterocycles. The monoisotopic (exact) mass is 330 g/mol. The third-order valence-electron chi connectivity index (χ3n) is 2.37. The molecule has 2 aromatic rings. The van der Waals surface area contributed by atoms with Gasteiger partial charge in [-0.2, -0.15) is 4.39 Å². The first-order valence-electron chi connectivity index (χ1n) is 5.32. The van der Waals surface area contributed by atoms with Crippen molar-refractivity contribution in [3.8, 4) is 0 Å². The van der Waals surface area contributed by atoms with Gasteiger partial charge < -0.3 is 5.32 Å². The van der Waals surface area contributed by atoms with Crippen LogP contribution in [0.3, 0.4) is 0 Å². The van der Waals surface area contributed by atoms with Gasteiger partial charge in [-0.15, -0.1) is 10.2 Å². The number of anilines is 1. The summed E-state index contributed by atoms with van der Waals surface area (Å²) in [4.78, 5) is 21.6. The number of nitro benzene ring substituents is 1. The number of nitrogens with one attached hydrogen (secondary N) is 1. The normalized spacial score (nSPS) is 10.2. The Balaban J connectivity index is 2.26. The van der Waals surface area contributed by atoms with Crippen molar-refractivity contribution in [3.63, 3.8) is 0 Å². The molecular weight excluding hydrogens is 326 g/mol. The summed E-state index contributed by atoms with van der Waals surface area (Å²) in [7, 11) is 0. The van der Waals surface area contributed by atoms with E-state index in [0.717, 1.165) is 12.1 Å². The van der Waals surface area contributed by atoms with Gasteiger partial charge >= 0.3 is 5.69 Å². The third-order valence-corrected chi connectivity index (χ3v) is 2.83. The van der Waals surface area contributed by atoms with Crippen LogP contribution in [-0.4, -0.2) is 21.0 Å². The van der Waals surface area contributed by atoms with Crippen LogP contribution in [0.25, 0.3) is 0 Å². The molecule has 0 spiro atoms. The Labute approximate surface area is 126 Å². The zero-order chi connectivity index (χ0) is 15.6. The van der Waals surface area contributed by atoms with Crippen molar-refractivity contribution in [3.05, 3.63) is 56.1 Å². The van der Waals surface area contributed by atoms with E-state index in [4.69, 9.17) is 23.2 Å². The van der Waals surface area contributed by atoms with Gasteiger partial charge in [0.15, 0.2) is 10.3 Å². The molecule has 1 amide bonds. The Morgan fingerprint density at radius 2 is 2.00 bits per heavy atom. The van der Waals surface area contributed by atoms with Crippen LogP contribution in [0.4, 0.5) is 15.8 Å². The summed E-state index contributed by atoms with van der Waals surface area (Å²) in [5.41, 5.74) is -0.734. The molecule has 10 heteroatoms. The van der Waals surface area contributed by atoms with Gasteiger partial charge in [-0.25, -0.2) is 0 Å². The van der Waals surface area contributed by atoms with Gasteiger partial charge in [0, 0.05) is 17.8 Å². The van der Waals surface area contributed by atoms with Crippen molar-refractivity contribution >= 4 is 40.5 Å². The van der Waals surface area contributed by atoms with Crippen molar-refractivity contribution < 1.29 is 14.1 Å². The molecule has 0 bridgehead atoms. The van der Waals surface area contributed by atoms with E-state index < -0.39 is 22.3 Å². The lowest BCUT2D eigenvalue weighted by Crippen LogP contribution is -2.13. The van der Waals surface area contributed by atoms with Gasteiger partial charge in [0.25, 0.3) is 5.91 Å². The van der Waals surface area contributed by atoms with E-state index in [-0.39, 0.29) is 21.6 Å². The minimum absolute atomic E-state index is 0.0205. The molecule has 0 atom stereocenters. The lowest BCUT2D eigenvalue weighted by Gasteiger charge is -2.06. The summed E-state index contributed by atoms with van der Waals surface area (Å²) in [5, 5.41) is 19.5. The molecule has 0 unspecified atom stereocenters. The van der Waals surface area contributed by atoms with Gasteiger partial charge in [0.2, 0.25) is 5.82 Å². The van der Waals surface area contributed by atoms with Crippen LogP contribution in [0.15, 0.2) is 24.3 Å². The van der Waals surface area contributed by atoms with Crippen LogP contribution in [0.1, 0.15) is 10.4 Å². The first kappa shape index (κ1) is 15.1. The minimum Gasteiger partial charge on any atom is -0.322 e. The fourth-order valence-corrected chi connectivity index (χ4v) is 1.77. The highest BCUT2D eigenvalue weighted by Crippen LogP contribution is 2.22. The summed E-state index contributed by atoms with van der Waals surface area (Å²) >= 11 is 11.3. The van der Waals surface area contributed by atoms with E-state index in [2.05, 4.69) is 15.5 Å². The topological polar surface area (TPSA) is 98.0 Å². The lowest BCUT2D eigenvalue weighted by atomic mass is 10.2. The van der Waals surface area contributed by atoms with E-state index in [0.29, 0.717) is 0 Å². The van der Waals surface area contributed by atoms with Crippen molar-refractivity contribution in [1.29, 1.82) is 0 Å². The number of nitrogens with zero attached hydrogens (tertiary/aromatic N) is 3. The molecule has 0 aliphatic heterocycles. The number of aromatic nitrogens is 2. The van der Waals surface area contributed by atoms with E-state index in [1.54, 1.807) is 0 Å². The summed E-state index contributed by atoms with van der Waals surface area (Å²) in [6.45, 7) is 0. The second kappa shape index (κ2) is 5.98. The molecule has 7 nitrogen and oxygen atoms in total. The summed E-state index contributed by atoms with van der Waals surface area (Å²) in [6, 6.07) is 4.13. The number of hydrogen-bond donors (Lipinski definition) is 1. The average Bonchev–Trinajstić information content (AvgIpc) is 2.41. The van der Waals surface area contributed by atoms with Crippen LogP contribution >= 0.6 is 23.2 Å². The van der Waals surface area contributed by atoms with E-state index >= 15 is 0 Å². The maximum atomic E-state index is 13.4. The molecule has 0 saturated heterocycles. The summed E-state index contributed by atoms with van der Waals surface area (Å²) in [5.74, 6) is -1.78. The lowest BCUT2D eigenvalue weighted by molar-refractivity contribution is -0.387. The smallest absolute Gasteiger partial charge is 0.304 e. The molecule has 0 radical (unpaired) electrons. The highest BCUT2D eigenvalue weighted by Gasteiger charge is 2.17. The maximum absolute atomic E-state index is 13.4. The van der Waals surface area contributed by atoms with Gasteiger partial charge in [-0.3, -0.25) is 14.9 Å². The Hall–Kier alpha value is -2.32. The number of halogens is 3. The SMILES string of the molecule is O=C(Nc1ccc([N+](=O)[O-])c(F)c1)c1cc(Cl)nnc1Cl. The predicted molar refractivity (Wildman–Crippen MR) is 73.1 cm³/mol. The number of carbonyl (C=O) groups is 1. The number of hydrogen-bond acceptors (Lipinski definition) is 5. The molecule has 21 heavy (non-hydrogen) atoms. The molecule has 0 aliphatic carbocycles. The fourth-order valence-electron chi connectivity index (χ4n) is 1.44. The van der Waals surface area contributed by atoms with Crippen molar-refractivity contribution in [1.82, 2.24) is 10.2 Å². The fraction of sp³-hybridized carbons (Fsp3) is 0. The molecule has 108 valence electrons. The molecule has 0 fully saturated rings. The first-order valence-corrected chi connectivity index (χ1v) is 6.08. The van der Waals surface area contributed by atoms with Gasteiger partial charge in [-0.1, -0.05) is 23.2 Å². The quantitative estimate of drug-likeness (QED) is 0.688. The van der Waals surface area contributed by atoms with E-state index in [9.17, 15) is 19.3 Å². The Bertz CT molecular complexity index is 741. The number of amides is 1. The molecule has 1 N–H and O–H groups in total. The van der Waals surface area contributed by atoms with Crippen LogP contribution in [0.2, 0.25) is 10.3 Å².